The van der Waals surface area contributed by atoms with Crippen molar-refractivity contribution < 1.29 is 4.74 Å². The zero-order chi connectivity index (χ0) is 19.0. The molecule has 0 aromatic rings. The lowest BCUT2D eigenvalue weighted by Crippen LogP contribution is -1.84. The Balaban J connectivity index is 2.98. The molecular formula is C25H50O. The first kappa shape index (κ1) is 25.5. The van der Waals surface area contributed by atoms with Crippen LogP contribution in [0.5, 0.6) is 0 Å². The molecule has 26 heavy (non-hydrogen) atoms. The Hall–Kier alpha value is -0.460. The minimum absolute atomic E-state index is 1.17. The van der Waals surface area contributed by atoms with Crippen LogP contribution in [0, 0.1) is 0 Å². The fourth-order valence-electron chi connectivity index (χ4n) is 3.68. The summed E-state index contributed by atoms with van der Waals surface area (Å²) in [7, 11) is 1.72. The lowest BCUT2D eigenvalue weighted by molar-refractivity contribution is 0.336. The van der Waals surface area contributed by atoms with Crippen molar-refractivity contribution in [3.63, 3.8) is 0 Å². The molecule has 1 nitrogen and oxygen atoms in total. The van der Waals surface area contributed by atoms with E-state index < -0.39 is 0 Å². The van der Waals surface area contributed by atoms with Gasteiger partial charge >= 0.3 is 0 Å². The summed E-state index contributed by atoms with van der Waals surface area (Å²) in [6.45, 7) is 2.30. The fourth-order valence-corrected chi connectivity index (χ4v) is 3.68. The largest absolute Gasteiger partial charge is 0.505 e. The molecule has 0 radical (unpaired) electrons. The van der Waals surface area contributed by atoms with E-state index in [0.717, 1.165) is 0 Å². The first-order chi connectivity index (χ1) is 12.9. The van der Waals surface area contributed by atoms with E-state index in [1.54, 1.807) is 13.4 Å². The smallest absolute Gasteiger partial charge is 0.0784 e. The van der Waals surface area contributed by atoms with E-state index in [4.69, 9.17) is 4.74 Å². The Morgan fingerprint density at radius 3 is 1.08 bits per heavy atom. The van der Waals surface area contributed by atoms with E-state index in [0.29, 0.717) is 0 Å². The molecule has 0 aromatic carbocycles. The van der Waals surface area contributed by atoms with Crippen LogP contribution in [-0.2, 0) is 4.74 Å². The van der Waals surface area contributed by atoms with E-state index >= 15 is 0 Å². The van der Waals surface area contributed by atoms with Crippen molar-refractivity contribution in [2.75, 3.05) is 7.11 Å². The van der Waals surface area contributed by atoms with Gasteiger partial charge in [0.25, 0.3) is 0 Å². The average molecular weight is 367 g/mol. The van der Waals surface area contributed by atoms with Gasteiger partial charge in [-0.2, -0.15) is 0 Å². The SMILES string of the molecule is CCCCCCCCCCCCCCCCCCCCCC/C=C/OC. The van der Waals surface area contributed by atoms with Crippen molar-refractivity contribution in [3.8, 4) is 0 Å². The van der Waals surface area contributed by atoms with Gasteiger partial charge < -0.3 is 4.74 Å². The van der Waals surface area contributed by atoms with Crippen LogP contribution >= 0.6 is 0 Å². The summed E-state index contributed by atoms with van der Waals surface area (Å²) in [6, 6.07) is 0. The summed E-state index contributed by atoms with van der Waals surface area (Å²) < 4.78 is 4.91. The lowest BCUT2D eigenvalue weighted by atomic mass is 10.0. The van der Waals surface area contributed by atoms with Gasteiger partial charge in [0, 0.05) is 0 Å². The molecule has 0 N–H and O–H groups in total. The molecule has 0 aromatic heterocycles. The van der Waals surface area contributed by atoms with E-state index in [1.807, 2.05) is 0 Å². The predicted octanol–water partition coefficient (Wildman–Crippen LogP) is 9.36. The molecule has 0 aliphatic carbocycles. The zero-order valence-electron chi connectivity index (χ0n) is 18.4. The molecule has 0 saturated heterocycles. The van der Waals surface area contributed by atoms with Crippen molar-refractivity contribution >= 4 is 0 Å². The minimum Gasteiger partial charge on any atom is -0.505 e. The van der Waals surface area contributed by atoms with Crippen molar-refractivity contribution in [2.24, 2.45) is 0 Å². The molecule has 0 heterocycles. The zero-order valence-corrected chi connectivity index (χ0v) is 18.4. The van der Waals surface area contributed by atoms with Gasteiger partial charge in [0.05, 0.1) is 13.4 Å². The Bertz CT molecular complexity index is 259. The Morgan fingerprint density at radius 1 is 0.462 bits per heavy atom. The third-order valence-corrected chi connectivity index (χ3v) is 5.46. The highest BCUT2D eigenvalue weighted by molar-refractivity contribution is 4.72. The molecule has 0 spiro atoms. The summed E-state index contributed by atoms with van der Waals surface area (Å²) in [5.74, 6) is 0. The number of hydrogen-bond acceptors (Lipinski definition) is 1. The molecule has 0 aliphatic rings. The van der Waals surface area contributed by atoms with Gasteiger partial charge in [-0.3, -0.25) is 0 Å². The number of hydrogen-bond donors (Lipinski definition) is 0. The molecule has 0 fully saturated rings. The summed E-state index contributed by atoms with van der Waals surface area (Å²) in [5.41, 5.74) is 0. The summed E-state index contributed by atoms with van der Waals surface area (Å²) in [6.07, 6.45) is 34.1. The number of unbranched alkanes of at least 4 members (excludes halogenated alkanes) is 20. The molecule has 1 heteroatoms. The summed E-state index contributed by atoms with van der Waals surface area (Å²) >= 11 is 0. The summed E-state index contributed by atoms with van der Waals surface area (Å²) in [4.78, 5) is 0. The number of allylic oxidation sites excluding steroid dienone is 1. The number of rotatable bonds is 22. The van der Waals surface area contributed by atoms with Gasteiger partial charge in [-0.25, -0.2) is 0 Å². The summed E-state index contributed by atoms with van der Waals surface area (Å²) in [5, 5.41) is 0. The molecule has 0 aliphatic heterocycles. The van der Waals surface area contributed by atoms with Crippen molar-refractivity contribution in [1.29, 1.82) is 0 Å². The van der Waals surface area contributed by atoms with Crippen LogP contribution in [0.1, 0.15) is 142 Å². The quantitative estimate of drug-likeness (QED) is 0.137. The Kier molecular flexibility index (Phi) is 24.1. The van der Waals surface area contributed by atoms with E-state index in [1.165, 1.54) is 135 Å². The normalized spacial score (nSPS) is 11.5. The molecule has 0 bridgehead atoms. The van der Waals surface area contributed by atoms with Gasteiger partial charge in [-0.1, -0.05) is 129 Å². The minimum atomic E-state index is 1.17. The molecule has 0 amide bonds. The van der Waals surface area contributed by atoms with Crippen LogP contribution < -0.4 is 0 Å². The Labute approximate surface area is 166 Å². The second-order valence-electron chi connectivity index (χ2n) is 8.11. The first-order valence-corrected chi connectivity index (χ1v) is 12.1. The van der Waals surface area contributed by atoms with Crippen molar-refractivity contribution in [3.05, 3.63) is 12.3 Å². The third-order valence-electron chi connectivity index (χ3n) is 5.46. The monoisotopic (exact) mass is 366 g/mol. The maximum absolute atomic E-state index is 4.91. The number of ether oxygens (including phenoxy) is 1. The predicted molar refractivity (Wildman–Crippen MR) is 119 cm³/mol. The van der Waals surface area contributed by atoms with Gasteiger partial charge in [0.1, 0.15) is 0 Å². The first-order valence-electron chi connectivity index (χ1n) is 12.1. The lowest BCUT2D eigenvalue weighted by Gasteiger charge is -2.04. The second kappa shape index (κ2) is 24.5. The van der Waals surface area contributed by atoms with Crippen LogP contribution in [0.25, 0.3) is 0 Å². The molecule has 0 unspecified atom stereocenters. The van der Waals surface area contributed by atoms with Crippen molar-refractivity contribution in [1.82, 2.24) is 0 Å². The van der Waals surface area contributed by atoms with Gasteiger partial charge in [0.15, 0.2) is 0 Å². The highest BCUT2D eigenvalue weighted by Crippen LogP contribution is 2.15. The average Bonchev–Trinajstić information content (AvgIpc) is 2.66. The van der Waals surface area contributed by atoms with Crippen LogP contribution in [0.2, 0.25) is 0 Å². The molecule has 156 valence electrons. The van der Waals surface area contributed by atoms with E-state index in [-0.39, 0.29) is 0 Å². The fraction of sp³-hybridized carbons (Fsp3) is 0.920. The molecule has 0 saturated carbocycles. The van der Waals surface area contributed by atoms with Gasteiger partial charge in [-0.15, -0.1) is 0 Å². The van der Waals surface area contributed by atoms with E-state index in [2.05, 4.69) is 13.0 Å². The molecule has 0 rings (SSSR count). The van der Waals surface area contributed by atoms with Gasteiger partial charge in [0.2, 0.25) is 0 Å². The second-order valence-corrected chi connectivity index (χ2v) is 8.11. The van der Waals surface area contributed by atoms with Crippen LogP contribution in [0.15, 0.2) is 12.3 Å². The van der Waals surface area contributed by atoms with Gasteiger partial charge in [-0.05, 0) is 18.9 Å². The van der Waals surface area contributed by atoms with E-state index in [9.17, 15) is 0 Å². The van der Waals surface area contributed by atoms with Crippen LogP contribution in [-0.4, -0.2) is 7.11 Å². The standard InChI is InChI=1S/C25H50O/c1-3-4-5-6-7-8-9-10-11-12-13-14-15-16-17-18-19-20-21-22-23-24-25-26-2/h24-25H,3-23H2,1-2H3/b25-24+. The maximum atomic E-state index is 4.91. The topological polar surface area (TPSA) is 9.23 Å². The number of methoxy groups -OCH3 is 1. The highest BCUT2D eigenvalue weighted by atomic mass is 16.5. The molecular weight excluding hydrogens is 316 g/mol. The van der Waals surface area contributed by atoms with Crippen molar-refractivity contribution in [2.45, 2.75) is 142 Å². The Morgan fingerprint density at radius 2 is 0.769 bits per heavy atom. The van der Waals surface area contributed by atoms with Crippen LogP contribution in [0.4, 0.5) is 0 Å². The third kappa shape index (κ3) is 23.5. The highest BCUT2D eigenvalue weighted by Gasteiger charge is 1.95. The maximum Gasteiger partial charge on any atom is 0.0784 e. The molecule has 0 atom stereocenters. The van der Waals surface area contributed by atoms with Crippen LogP contribution in [0.3, 0.4) is 0 Å².